The summed E-state index contributed by atoms with van der Waals surface area (Å²) in [4.78, 5) is 28.1. The predicted molar refractivity (Wildman–Crippen MR) is 120 cm³/mol. The number of nitrogens with zero attached hydrogens (tertiary/aromatic N) is 1. The molecular formula is C25H22N2O4. The Morgan fingerprint density at radius 3 is 1.90 bits per heavy atom. The molecular weight excluding hydrogens is 392 g/mol. The minimum atomic E-state index is -0.402. The average Bonchev–Trinajstić information content (AvgIpc) is 3.04. The first-order valence-corrected chi connectivity index (χ1v) is 9.77. The number of para-hydroxylation sites is 1. The fraction of sp³-hybridized carbons (Fsp3) is 0.120. The van der Waals surface area contributed by atoms with Crippen LogP contribution < -0.4 is 19.7 Å². The minimum Gasteiger partial charge on any atom is -0.497 e. The molecule has 0 radical (unpaired) electrons. The van der Waals surface area contributed by atoms with E-state index in [0.717, 1.165) is 5.56 Å². The first-order valence-electron chi connectivity index (χ1n) is 9.77. The number of imide groups is 1. The van der Waals surface area contributed by atoms with Gasteiger partial charge in [-0.3, -0.25) is 9.59 Å². The number of ether oxygens (including phenoxy) is 2. The molecule has 1 aliphatic rings. The van der Waals surface area contributed by atoms with Gasteiger partial charge in [0.2, 0.25) is 0 Å². The van der Waals surface area contributed by atoms with E-state index < -0.39 is 5.91 Å². The monoisotopic (exact) mass is 414 g/mol. The number of methoxy groups -OCH3 is 2. The molecule has 6 heteroatoms. The average molecular weight is 414 g/mol. The Morgan fingerprint density at radius 2 is 1.32 bits per heavy atom. The van der Waals surface area contributed by atoms with Crippen molar-refractivity contribution in [3.63, 3.8) is 0 Å². The highest BCUT2D eigenvalue weighted by Crippen LogP contribution is 2.35. The van der Waals surface area contributed by atoms with Crippen LogP contribution in [0.1, 0.15) is 11.1 Å². The zero-order chi connectivity index (χ0) is 22.0. The van der Waals surface area contributed by atoms with Gasteiger partial charge in [0.15, 0.2) is 0 Å². The van der Waals surface area contributed by atoms with E-state index in [1.165, 1.54) is 4.90 Å². The normalized spacial score (nSPS) is 13.6. The largest absolute Gasteiger partial charge is 0.497 e. The summed E-state index contributed by atoms with van der Waals surface area (Å²) in [6.45, 7) is 1.87. The van der Waals surface area contributed by atoms with Crippen molar-refractivity contribution in [2.24, 2.45) is 0 Å². The summed E-state index contributed by atoms with van der Waals surface area (Å²) in [6.07, 6.45) is 0. The van der Waals surface area contributed by atoms with Gasteiger partial charge in [0.05, 0.1) is 25.5 Å². The van der Waals surface area contributed by atoms with Crippen LogP contribution in [0.5, 0.6) is 11.5 Å². The maximum atomic E-state index is 13.5. The first kappa shape index (κ1) is 20.2. The number of anilines is 2. The SMILES string of the molecule is COc1ccc(NC2=C(c3ccc(OC)cc3)C(=O)N(c3ccccc3C)C2=O)cc1. The van der Waals surface area contributed by atoms with Crippen molar-refractivity contribution in [3.8, 4) is 11.5 Å². The lowest BCUT2D eigenvalue weighted by Crippen LogP contribution is -2.33. The molecule has 1 aliphatic heterocycles. The van der Waals surface area contributed by atoms with Crippen molar-refractivity contribution in [1.82, 2.24) is 0 Å². The van der Waals surface area contributed by atoms with Gasteiger partial charge in [-0.05, 0) is 60.5 Å². The summed E-state index contributed by atoms with van der Waals surface area (Å²) in [5.74, 6) is 0.591. The summed E-state index contributed by atoms with van der Waals surface area (Å²) < 4.78 is 10.4. The summed E-state index contributed by atoms with van der Waals surface area (Å²) in [5, 5.41) is 3.15. The maximum Gasteiger partial charge on any atom is 0.282 e. The zero-order valence-corrected chi connectivity index (χ0v) is 17.5. The van der Waals surface area contributed by atoms with Crippen molar-refractivity contribution in [3.05, 3.63) is 89.6 Å². The molecule has 4 rings (SSSR count). The van der Waals surface area contributed by atoms with Crippen LogP contribution in [0.3, 0.4) is 0 Å². The number of nitrogens with one attached hydrogen (secondary N) is 1. The number of hydrogen-bond donors (Lipinski definition) is 1. The van der Waals surface area contributed by atoms with E-state index in [1.54, 1.807) is 68.8 Å². The molecule has 3 aromatic carbocycles. The van der Waals surface area contributed by atoms with Gasteiger partial charge < -0.3 is 14.8 Å². The second-order valence-electron chi connectivity index (χ2n) is 7.06. The number of aryl methyl sites for hydroxylation is 1. The van der Waals surface area contributed by atoms with Crippen LogP contribution in [0.25, 0.3) is 5.57 Å². The lowest BCUT2D eigenvalue weighted by Gasteiger charge is -2.17. The van der Waals surface area contributed by atoms with Crippen LogP contribution in [-0.4, -0.2) is 26.0 Å². The van der Waals surface area contributed by atoms with E-state index in [4.69, 9.17) is 9.47 Å². The second kappa shape index (κ2) is 8.36. The lowest BCUT2D eigenvalue weighted by atomic mass is 10.0. The quantitative estimate of drug-likeness (QED) is 0.605. The summed E-state index contributed by atoms with van der Waals surface area (Å²) in [7, 11) is 3.17. The molecule has 2 amide bonds. The molecule has 0 unspecified atom stereocenters. The molecule has 0 saturated heterocycles. The molecule has 1 N–H and O–H groups in total. The minimum absolute atomic E-state index is 0.226. The molecule has 0 fully saturated rings. The molecule has 31 heavy (non-hydrogen) atoms. The number of hydrogen-bond acceptors (Lipinski definition) is 5. The van der Waals surface area contributed by atoms with E-state index in [1.807, 2.05) is 25.1 Å². The molecule has 0 atom stereocenters. The second-order valence-corrected chi connectivity index (χ2v) is 7.06. The van der Waals surface area contributed by atoms with Gasteiger partial charge >= 0.3 is 0 Å². The smallest absolute Gasteiger partial charge is 0.282 e. The Kier molecular flexibility index (Phi) is 5.45. The van der Waals surface area contributed by atoms with Gasteiger partial charge in [-0.2, -0.15) is 0 Å². The Bertz CT molecular complexity index is 1160. The Labute approximate surface area is 180 Å². The van der Waals surface area contributed by atoms with Gasteiger partial charge in [-0.15, -0.1) is 0 Å². The van der Waals surface area contributed by atoms with Gasteiger partial charge in [0.1, 0.15) is 17.2 Å². The van der Waals surface area contributed by atoms with Crippen molar-refractivity contribution < 1.29 is 19.1 Å². The number of rotatable bonds is 6. The van der Waals surface area contributed by atoms with Crippen LogP contribution in [0.4, 0.5) is 11.4 Å². The highest BCUT2D eigenvalue weighted by Gasteiger charge is 2.40. The Morgan fingerprint density at radius 1 is 0.742 bits per heavy atom. The van der Waals surface area contributed by atoms with Crippen molar-refractivity contribution >= 4 is 28.8 Å². The van der Waals surface area contributed by atoms with E-state index in [-0.39, 0.29) is 11.6 Å². The lowest BCUT2D eigenvalue weighted by molar-refractivity contribution is -0.120. The standard InChI is InChI=1S/C25H22N2O4/c1-16-6-4-5-7-21(16)27-24(28)22(17-8-12-19(30-2)13-9-17)23(25(27)29)26-18-10-14-20(31-3)15-11-18/h4-15,26H,1-3H3. The third kappa shape index (κ3) is 3.75. The summed E-state index contributed by atoms with van der Waals surface area (Å²) in [5.41, 5.74) is 3.25. The van der Waals surface area contributed by atoms with Crippen molar-refractivity contribution in [2.75, 3.05) is 24.4 Å². The third-order valence-electron chi connectivity index (χ3n) is 5.18. The van der Waals surface area contributed by atoms with Crippen LogP contribution >= 0.6 is 0 Å². The van der Waals surface area contributed by atoms with Crippen LogP contribution in [0, 0.1) is 6.92 Å². The predicted octanol–water partition coefficient (Wildman–Crippen LogP) is 4.41. The fourth-order valence-electron chi connectivity index (χ4n) is 3.52. The van der Waals surface area contributed by atoms with Gasteiger partial charge in [-0.25, -0.2) is 4.90 Å². The van der Waals surface area contributed by atoms with Crippen LogP contribution in [0.2, 0.25) is 0 Å². The molecule has 0 aromatic heterocycles. The molecule has 0 saturated carbocycles. The number of benzene rings is 3. The molecule has 1 heterocycles. The molecule has 3 aromatic rings. The third-order valence-corrected chi connectivity index (χ3v) is 5.18. The molecule has 0 bridgehead atoms. The summed E-state index contributed by atoms with van der Waals surface area (Å²) >= 11 is 0. The zero-order valence-electron chi connectivity index (χ0n) is 17.5. The first-order chi connectivity index (χ1) is 15.0. The summed E-state index contributed by atoms with van der Waals surface area (Å²) in [6, 6.07) is 21.6. The van der Waals surface area contributed by atoms with Crippen molar-refractivity contribution in [1.29, 1.82) is 0 Å². The highest BCUT2D eigenvalue weighted by molar-refractivity contribution is 6.46. The molecule has 0 aliphatic carbocycles. The van der Waals surface area contributed by atoms with Gasteiger partial charge in [-0.1, -0.05) is 30.3 Å². The van der Waals surface area contributed by atoms with Crippen molar-refractivity contribution in [2.45, 2.75) is 6.92 Å². The number of carbonyl (C=O) groups excluding carboxylic acids is 2. The van der Waals surface area contributed by atoms with Gasteiger partial charge in [0.25, 0.3) is 11.8 Å². The van der Waals surface area contributed by atoms with E-state index >= 15 is 0 Å². The van der Waals surface area contributed by atoms with Crippen LogP contribution in [-0.2, 0) is 9.59 Å². The molecule has 6 nitrogen and oxygen atoms in total. The number of amides is 2. The van der Waals surface area contributed by atoms with E-state index in [0.29, 0.717) is 34.0 Å². The Hall–Kier alpha value is -4.06. The molecule has 0 spiro atoms. The molecule has 156 valence electrons. The van der Waals surface area contributed by atoms with E-state index in [9.17, 15) is 9.59 Å². The van der Waals surface area contributed by atoms with Gasteiger partial charge in [0, 0.05) is 5.69 Å². The highest BCUT2D eigenvalue weighted by atomic mass is 16.5. The number of carbonyl (C=O) groups is 2. The van der Waals surface area contributed by atoms with E-state index in [2.05, 4.69) is 5.32 Å². The Balaban J connectivity index is 1.80. The topological polar surface area (TPSA) is 67.9 Å². The maximum absolute atomic E-state index is 13.5. The fourth-order valence-corrected chi connectivity index (χ4v) is 3.52. The van der Waals surface area contributed by atoms with Crippen LogP contribution in [0.15, 0.2) is 78.5 Å².